The molecule has 0 aliphatic heterocycles. The van der Waals surface area contributed by atoms with Crippen molar-refractivity contribution in [3.05, 3.63) is 65.2 Å². The van der Waals surface area contributed by atoms with Gasteiger partial charge in [0, 0.05) is 22.8 Å². The van der Waals surface area contributed by atoms with Gasteiger partial charge in [-0.15, -0.1) is 0 Å². The molecule has 2 bridgehead atoms. The molecule has 4 atom stereocenters. The average molecular weight is 459 g/mol. The summed E-state index contributed by atoms with van der Waals surface area (Å²) in [4.78, 5) is 12.3. The highest BCUT2D eigenvalue weighted by Gasteiger charge is 2.42. The molecule has 31 heavy (non-hydrogen) atoms. The van der Waals surface area contributed by atoms with E-state index in [1.807, 2.05) is 19.1 Å². The molecule has 7 heteroatoms. The number of nitrogens with one attached hydrogen (secondary N) is 2. The zero-order valence-corrected chi connectivity index (χ0v) is 19.0. The maximum atomic E-state index is 12.8. The predicted molar refractivity (Wildman–Crippen MR) is 124 cm³/mol. The molecule has 5 nitrogen and oxygen atoms in total. The number of anilines is 1. The summed E-state index contributed by atoms with van der Waals surface area (Å²) in [6.07, 6.45) is 8.00. The third-order valence-electron chi connectivity index (χ3n) is 6.51. The van der Waals surface area contributed by atoms with Gasteiger partial charge in [0.2, 0.25) is 15.9 Å². The van der Waals surface area contributed by atoms with Crippen LogP contribution in [0.15, 0.2) is 59.5 Å². The SMILES string of the molecule is CC(NS(=O)(=O)c1ccc(NC(=O)C=Cc2ccc(Cl)cc2)cc1)C1CC2CCC1C2. The highest BCUT2D eigenvalue weighted by molar-refractivity contribution is 7.89. The van der Waals surface area contributed by atoms with Gasteiger partial charge in [-0.2, -0.15) is 0 Å². The van der Waals surface area contributed by atoms with E-state index in [1.54, 1.807) is 30.3 Å². The Morgan fingerprint density at radius 1 is 1.06 bits per heavy atom. The van der Waals surface area contributed by atoms with Crippen molar-refractivity contribution in [3.63, 3.8) is 0 Å². The van der Waals surface area contributed by atoms with Gasteiger partial charge in [0.15, 0.2) is 0 Å². The molecule has 2 saturated carbocycles. The van der Waals surface area contributed by atoms with Crippen LogP contribution in [0.3, 0.4) is 0 Å². The van der Waals surface area contributed by atoms with E-state index >= 15 is 0 Å². The number of fused-ring (bicyclic) bond motifs is 2. The number of sulfonamides is 1. The fourth-order valence-corrected chi connectivity index (χ4v) is 6.37. The van der Waals surface area contributed by atoms with Crippen molar-refractivity contribution in [3.8, 4) is 0 Å². The Morgan fingerprint density at radius 2 is 1.77 bits per heavy atom. The van der Waals surface area contributed by atoms with Crippen LogP contribution in [0.2, 0.25) is 5.02 Å². The van der Waals surface area contributed by atoms with Gasteiger partial charge in [0.25, 0.3) is 0 Å². The van der Waals surface area contributed by atoms with E-state index in [2.05, 4.69) is 10.0 Å². The Labute approximate surface area is 188 Å². The highest BCUT2D eigenvalue weighted by Crippen LogP contribution is 2.49. The van der Waals surface area contributed by atoms with E-state index < -0.39 is 10.0 Å². The fourth-order valence-electron chi connectivity index (χ4n) is 4.95. The topological polar surface area (TPSA) is 75.3 Å². The van der Waals surface area contributed by atoms with Crippen LogP contribution in [0.4, 0.5) is 5.69 Å². The Balaban J connectivity index is 1.34. The third kappa shape index (κ3) is 5.37. The lowest BCUT2D eigenvalue weighted by Gasteiger charge is -2.28. The van der Waals surface area contributed by atoms with E-state index in [1.165, 1.54) is 37.5 Å². The van der Waals surface area contributed by atoms with E-state index in [4.69, 9.17) is 11.6 Å². The minimum atomic E-state index is -3.60. The van der Waals surface area contributed by atoms with Gasteiger partial charge < -0.3 is 5.32 Å². The normalized spacial score (nSPS) is 23.9. The molecule has 0 radical (unpaired) electrons. The molecule has 0 heterocycles. The third-order valence-corrected chi connectivity index (χ3v) is 8.33. The van der Waals surface area contributed by atoms with Gasteiger partial charge in [-0.3, -0.25) is 4.79 Å². The van der Waals surface area contributed by atoms with Crippen LogP contribution >= 0.6 is 11.6 Å². The van der Waals surface area contributed by atoms with Crippen LogP contribution in [0, 0.1) is 17.8 Å². The van der Waals surface area contributed by atoms with Gasteiger partial charge in [-0.1, -0.05) is 30.2 Å². The highest BCUT2D eigenvalue weighted by atomic mass is 35.5. The molecule has 1 amide bonds. The number of hydrogen-bond acceptors (Lipinski definition) is 3. The molecule has 2 aliphatic rings. The fraction of sp³-hybridized carbons (Fsp3) is 0.375. The van der Waals surface area contributed by atoms with Crippen LogP contribution < -0.4 is 10.0 Å². The molecule has 2 N–H and O–H groups in total. The molecule has 2 aromatic rings. The summed E-state index contributed by atoms with van der Waals surface area (Å²) in [5.41, 5.74) is 1.39. The summed E-state index contributed by atoms with van der Waals surface area (Å²) < 4.78 is 28.5. The number of carbonyl (C=O) groups is 1. The van der Waals surface area contributed by atoms with E-state index in [-0.39, 0.29) is 16.8 Å². The van der Waals surface area contributed by atoms with Crippen LogP contribution in [0.1, 0.15) is 38.2 Å². The lowest BCUT2D eigenvalue weighted by atomic mass is 9.84. The predicted octanol–water partition coefficient (Wildman–Crippen LogP) is 5.09. The van der Waals surface area contributed by atoms with Crippen molar-refractivity contribution in [1.29, 1.82) is 0 Å². The second-order valence-corrected chi connectivity index (χ2v) is 10.8. The molecule has 2 aromatic carbocycles. The van der Waals surface area contributed by atoms with Crippen LogP contribution in [0.5, 0.6) is 0 Å². The zero-order chi connectivity index (χ0) is 22.0. The maximum absolute atomic E-state index is 12.8. The summed E-state index contributed by atoms with van der Waals surface area (Å²) in [7, 11) is -3.60. The molecule has 2 aliphatic carbocycles. The number of carbonyl (C=O) groups excluding carboxylic acids is 1. The number of rotatable bonds is 7. The molecule has 0 aromatic heterocycles. The Hall–Kier alpha value is -2.15. The minimum Gasteiger partial charge on any atom is -0.323 e. The van der Waals surface area contributed by atoms with Crippen molar-refractivity contribution >= 4 is 39.3 Å². The molecule has 164 valence electrons. The lowest BCUT2D eigenvalue weighted by molar-refractivity contribution is -0.111. The molecule has 4 rings (SSSR count). The maximum Gasteiger partial charge on any atom is 0.248 e. The number of amides is 1. The van der Waals surface area contributed by atoms with Gasteiger partial charge >= 0.3 is 0 Å². The molecule has 4 unspecified atom stereocenters. The first kappa shape index (κ1) is 22.1. The summed E-state index contributed by atoms with van der Waals surface area (Å²) in [5, 5.41) is 3.37. The lowest BCUT2D eigenvalue weighted by Crippen LogP contribution is -2.40. The first-order chi connectivity index (χ1) is 14.8. The molecular weight excluding hydrogens is 432 g/mol. The first-order valence-electron chi connectivity index (χ1n) is 10.7. The van der Waals surface area contributed by atoms with Gasteiger partial charge in [0.05, 0.1) is 4.90 Å². The van der Waals surface area contributed by atoms with E-state index in [0.29, 0.717) is 22.5 Å². The number of halogens is 1. The van der Waals surface area contributed by atoms with Gasteiger partial charge in [-0.05, 0) is 92.0 Å². The number of hydrogen-bond donors (Lipinski definition) is 2. The standard InChI is InChI=1S/C24H27ClN2O3S/c1-16(23-15-18-2-6-19(23)14-18)27-31(29,30)22-11-9-21(10-12-22)26-24(28)13-5-17-3-7-20(25)8-4-17/h3-5,7-13,16,18-19,23,27H,2,6,14-15H2,1H3,(H,26,28). The zero-order valence-electron chi connectivity index (χ0n) is 17.4. The van der Waals surface area contributed by atoms with Crippen molar-refractivity contribution in [1.82, 2.24) is 4.72 Å². The second-order valence-electron chi connectivity index (χ2n) is 8.65. The van der Waals surface area contributed by atoms with Crippen molar-refractivity contribution in [2.75, 3.05) is 5.32 Å². The minimum absolute atomic E-state index is 0.0716. The van der Waals surface area contributed by atoms with Gasteiger partial charge in [0.1, 0.15) is 0 Å². The van der Waals surface area contributed by atoms with E-state index in [0.717, 1.165) is 17.9 Å². The molecule has 0 spiro atoms. The van der Waals surface area contributed by atoms with E-state index in [9.17, 15) is 13.2 Å². The molecule has 2 fully saturated rings. The largest absolute Gasteiger partial charge is 0.323 e. The summed E-state index contributed by atoms with van der Waals surface area (Å²) in [6, 6.07) is 13.3. The quantitative estimate of drug-likeness (QED) is 0.567. The first-order valence-corrected chi connectivity index (χ1v) is 12.5. The van der Waals surface area contributed by atoms with Gasteiger partial charge in [-0.25, -0.2) is 13.1 Å². The summed E-state index contributed by atoms with van der Waals surface area (Å²) in [5.74, 6) is 1.56. The van der Waals surface area contributed by atoms with Crippen molar-refractivity contribution in [2.24, 2.45) is 17.8 Å². The second kappa shape index (κ2) is 9.15. The van der Waals surface area contributed by atoms with Crippen molar-refractivity contribution in [2.45, 2.75) is 43.5 Å². The Bertz CT molecular complexity index is 1070. The van der Waals surface area contributed by atoms with Crippen molar-refractivity contribution < 1.29 is 13.2 Å². The summed E-state index contributed by atoms with van der Waals surface area (Å²) in [6.45, 7) is 1.98. The molecular formula is C24H27ClN2O3S. The van der Waals surface area contributed by atoms with Crippen LogP contribution in [-0.4, -0.2) is 20.4 Å². The smallest absolute Gasteiger partial charge is 0.248 e. The number of benzene rings is 2. The monoisotopic (exact) mass is 458 g/mol. The Kier molecular flexibility index (Phi) is 6.51. The average Bonchev–Trinajstić information content (AvgIpc) is 3.37. The summed E-state index contributed by atoms with van der Waals surface area (Å²) >= 11 is 5.85. The Morgan fingerprint density at radius 3 is 2.39 bits per heavy atom. The molecule has 0 saturated heterocycles. The van der Waals surface area contributed by atoms with Crippen LogP contribution in [0.25, 0.3) is 6.08 Å². The van der Waals surface area contributed by atoms with Crippen LogP contribution in [-0.2, 0) is 14.8 Å².